The third-order valence-corrected chi connectivity index (χ3v) is 8.50. The third kappa shape index (κ3) is 6.82. The minimum Gasteiger partial charge on any atom is -0.379 e. The minimum atomic E-state index is -4.94. The van der Waals surface area contributed by atoms with Crippen LogP contribution in [0.15, 0.2) is 85.3 Å². The number of hydrogen-bond acceptors (Lipinski definition) is 8. The smallest absolute Gasteiger partial charge is 0.379 e. The summed E-state index contributed by atoms with van der Waals surface area (Å²) in [7, 11) is 0. The van der Waals surface area contributed by atoms with E-state index in [-0.39, 0.29) is 5.69 Å². The number of aromatic nitrogens is 5. The van der Waals surface area contributed by atoms with Gasteiger partial charge in [0.25, 0.3) is 0 Å². The summed E-state index contributed by atoms with van der Waals surface area (Å²) in [6.45, 7) is 0.613. The average molecular weight is 706 g/mol. The maximum absolute atomic E-state index is 16.1. The molecule has 0 amide bonds. The quantitative estimate of drug-likeness (QED) is 0.187. The van der Waals surface area contributed by atoms with Crippen LogP contribution >= 0.6 is 0 Å². The van der Waals surface area contributed by atoms with Crippen molar-refractivity contribution in [2.75, 3.05) is 36.0 Å². The zero-order valence-corrected chi connectivity index (χ0v) is 25.7. The highest BCUT2D eigenvalue weighted by Crippen LogP contribution is 2.47. The van der Waals surface area contributed by atoms with Crippen LogP contribution in [0.5, 0.6) is 0 Å². The van der Waals surface area contributed by atoms with Gasteiger partial charge in [0.2, 0.25) is 0 Å². The zero-order chi connectivity index (χ0) is 35.8. The molecular weight excluding hydrogens is 678 g/mol. The molecule has 9 nitrogen and oxygen atoms in total. The summed E-state index contributed by atoms with van der Waals surface area (Å²) in [6, 6.07) is 14.1. The Hall–Kier alpha value is -5.16. The minimum absolute atomic E-state index is 0.219. The Morgan fingerprint density at radius 1 is 0.740 bits per heavy atom. The van der Waals surface area contributed by atoms with Crippen molar-refractivity contribution in [1.29, 1.82) is 0 Å². The number of hydrogen-bond donors (Lipinski definition) is 2. The first kappa shape index (κ1) is 34.7. The Morgan fingerprint density at radius 2 is 1.40 bits per heavy atom. The van der Waals surface area contributed by atoms with E-state index < -0.39 is 64.6 Å². The van der Waals surface area contributed by atoms with Crippen LogP contribution in [0.25, 0.3) is 11.1 Å². The van der Waals surface area contributed by atoms with Crippen LogP contribution in [0, 0.1) is 17.5 Å². The van der Waals surface area contributed by atoms with E-state index >= 15 is 8.78 Å². The van der Waals surface area contributed by atoms with Crippen LogP contribution < -0.4 is 9.80 Å². The molecule has 0 spiro atoms. The molecule has 3 heterocycles. The Bertz CT molecular complexity index is 1940. The van der Waals surface area contributed by atoms with Crippen LogP contribution in [-0.4, -0.2) is 67.8 Å². The van der Waals surface area contributed by atoms with E-state index in [1.165, 1.54) is 12.3 Å². The van der Waals surface area contributed by atoms with Crippen LogP contribution in [0.2, 0.25) is 0 Å². The molecule has 1 aliphatic heterocycles. The second-order valence-corrected chi connectivity index (χ2v) is 11.7. The van der Waals surface area contributed by atoms with Crippen molar-refractivity contribution in [2.45, 2.75) is 30.3 Å². The number of rotatable bonds is 9. The molecule has 2 aromatic heterocycles. The molecule has 17 heteroatoms. The van der Waals surface area contributed by atoms with Crippen LogP contribution in [0.3, 0.4) is 0 Å². The molecule has 0 radical (unpaired) electrons. The van der Waals surface area contributed by atoms with Gasteiger partial charge in [-0.1, -0.05) is 18.2 Å². The monoisotopic (exact) mass is 705 g/mol. The number of benzene rings is 3. The highest BCUT2D eigenvalue weighted by Gasteiger charge is 2.58. The number of anilines is 2. The maximum atomic E-state index is 16.1. The van der Waals surface area contributed by atoms with E-state index in [1.807, 2.05) is 4.90 Å². The second-order valence-electron chi connectivity index (χ2n) is 11.7. The van der Waals surface area contributed by atoms with Gasteiger partial charge in [0.15, 0.2) is 11.7 Å². The van der Waals surface area contributed by atoms with Crippen molar-refractivity contribution < 1.29 is 45.3 Å². The normalized spacial score (nSPS) is 16.0. The van der Waals surface area contributed by atoms with Gasteiger partial charge in [0, 0.05) is 60.9 Å². The number of tetrazole rings is 1. The number of piperazine rings is 1. The molecule has 5 aromatic rings. The number of pyridine rings is 1. The standard InChI is InChI=1S/C33H27F8N7O2/c34-23-4-7-27(28(36)16-23)31(50,18-48-19-43-44-45-48)32(37,38)29-8-3-21(17-42-29)20-1-5-25(6-2-20)46-9-11-47(12-10-46)26-14-22(13-24(35)15-26)30(49)33(39,40)41/h1-8,13-17,19,30,49-50H,9-12,18H2/t30?,31-/m0/s1. The molecule has 1 fully saturated rings. The van der Waals surface area contributed by atoms with Crippen molar-refractivity contribution in [1.82, 2.24) is 25.2 Å². The molecule has 262 valence electrons. The van der Waals surface area contributed by atoms with Gasteiger partial charge in [-0.05, 0) is 70.1 Å². The van der Waals surface area contributed by atoms with Crippen LogP contribution in [0.4, 0.5) is 46.5 Å². The van der Waals surface area contributed by atoms with E-state index in [0.717, 1.165) is 47.0 Å². The first-order chi connectivity index (χ1) is 23.7. The Balaban J connectivity index is 1.16. The lowest BCUT2D eigenvalue weighted by atomic mass is 9.84. The van der Waals surface area contributed by atoms with Crippen molar-refractivity contribution in [2.24, 2.45) is 0 Å². The van der Waals surface area contributed by atoms with E-state index in [9.17, 15) is 36.6 Å². The van der Waals surface area contributed by atoms with Gasteiger partial charge in [-0.3, -0.25) is 4.98 Å². The summed E-state index contributed by atoms with van der Waals surface area (Å²) in [5.41, 5.74) is -3.57. The Morgan fingerprint density at radius 3 is 1.98 bits per heavy atom. The molecule has 2 N–H and O–H groups in total. The molecule has 3 aromatic carbocycles. The first-order valence-corrected chi connectivity index (χ1v) is 15.0. The van der Waals surface area contributed by atoms with Crippen molar-refractivity contribution >= 4 is 11.4 Å². The molecule has 0 aliphatic carbocycles. The molecule has 1 aliphatic rings. The van der Waals surface area contributed by atoms with Crippen molar-refractivity contribution in [3.05, 3.63) is 120 Å². The summed E-state index contributed by atoms with van der Waals surface area (Å²) in [4.78, 5) is 7.62. The highest BCUT2D eigenvalue weighted by molar-refractivity contribution is 5.66. The van der Waals surface area contributed by atoms with E-state index in [4.69, 9.17) is 0 Å². The second kappa shape index (κ2) is 13.3. The predicted octanol–water partition coefficient (Wildman–Crippen LogP) is 5.75. The van der Waals surface area contributed by atoms with Crippen LogP contribution in [0.1, 0.15) is 22.9 Å². The van der Waals surface area contributed by atoms with Gasteiger partial charge in [-0.15, -0.1) is 5.10 Å². The fourth-order valence-corrected chi connectivity index (χ4v) is 5.84. The fraction of sp³-hybridized carbons (Fsp3) is 0.273. The molecule has 0 saturated carbocycles. The number of nitrogens with zero attached hydrogens (tertiary/aromatic N) is 7. The number of alkyl halides is 5. The highest BCUT2D eigenvalue weighted by atomic mass is 19.4. The summed E-state index contributed by atoms with van der Waals surface area (Å²) < 4.78 is 114. The first-order valence-electron chi connectivity index (χ1n) is 15.0. The van der Waals surface area contributed by atoms with Gasteiger partial charge in [-0.2, -0.15) is 22.0 Å². The lowest BCUT2D eigenvalue weighted by molar-refractivity contribution is -0.207. The molecule has 2 atom stereocenters. The number of aliphatic hydroxyl groups excluding tert-OH is 1. The molecule has 50 heavy (non-hydrogen) atoms. The van der Waals surface area contributed by atoms with Crippen molar-refractivity contribution in [3.63, 3.8) is 0 Å². The lowest BCUT2D eigenvalue weighted by Gasteiger charge is -2.37. The molecule has 1 saturated heterocycles. The number of aliphatic hydroxyl groups is 2. The van der Waals surface area contributed by atoms with Crippen LogP contribution in [-0.2, 0) is 18.1 Å². The maximum Gasteiger partial charge on any atom is 0.418 e. The van der Waals surface area contributed by atoms with Gasteiger partial charge >= 0.3 is 12.1 Å². The van der Waals surface area contributed by atoms with Gasteiger partial charge in [0.05, 0.1) is 6.54 Å². The third-order valence-electron chi connectivity index (χ3n) is 8.50. The largest absolute Gasteiger partial charge is 0.418 e. The average Bonchev–Trinajstić information content (AvgIpc) is 3.60. The Kier molecular flexibility index (Phi) is 9.21. The van der Waals surface area contributed by atoms with Gasteiger partial charge in [0.1, 0.15) is 29.5 Å². The fourth-order valence-electron chi connectivity index (χ4n) is 5.84. The SMILES string of the molecule is OC(c1cc(F)cc(N2CCN(c3ccc(-c4ccc(C(F)(F)[C@](O)(Cn5cnnn5)c5ccc(F)cc5F)nc4)cc3)CC2)c1)C(F)(F)F. The topological polar surface area (TPSA) is 103 Å². The Labute approximate surface area is 279 Å². The number of halogens is 8. The van der Waals surface area contributed by atoms with E-state index in [0.29, 0.717) is 49.4 Å². The van der Waals surface area contributed by atoms with E-state index in [1.54, 1.807) is 29.2 Å². The van der Waals surface area contributed by atoms with Crippen molar-refractivity contribution in [3.8, 4) is 11.1 Å². The van der Waals surface area contributed by atoms with E-state index in [2.05, 4.69) is 20.5 Å². The summed E-state index contributed by atoms with van der Waals surface area (Å²) in [5.74, 6) is -7.54. The molecule has 1 unspecified atom stereocenters. The molecule has 0 bridgehead atoms. The molecular formula is C33H27F8N7O2. The molecule has 6 rings (SSSR count). The lowest BCUT2D eigenvalue weighted by Crippen LogP contribution is -2.48. The summed E-state index contributed by atoms with van der Waals surface area (Å²) in [6.07, 6.45) is -5.63. The summed E-state index contributed by atoms with van der Waals surface area (Å²) in [5, 5.41) is 31.2. The van der Waals surface area contributed by atoms with Gasteiger partial charge < -0.3 is 20.0 Å². The van der Waals surface area contributed by atoms with Gasteiger partial charge in [-0.25, -0.2) is 17.9 Å². The predicted molar refractivity (Wildman–Crippen MR) is 163 cm³/mol. The zero-order valence-electron chi connectivity index (χ0n) is 25.7. The summed E-state index contributed by atoms with van der Waals surface area (Å²) >= 11 is 0.